The number of allylic oxidation sites excluding steroid dienone is 1. The van der Waals surface area contributed by atoms with E-state index in [9.17, 15) is 5.26 Å². The van der Waals surface area contributed by atoms with Crippen LogP contribution >= 0.6 is 11.8 Å². The SMILES string of the molecule is COc1ccc([C@H]2C(C#N)=C(N)Oc3nc(SC)nc(N)c32)c(OC)c1OC. The molecule has 0 bridgehead atoms. The molecule has 9 nitrogen and oxygen atoms in total. The molecule has 0 saturated carbocycles. The average Bonchev–Trinajstić information content (AvgIpc) is 2.71. The Balaban J connectivity index is 2.34. The molecule has 2 aromatic rings. The van der Waals surface area contributed by atoms with Gasteiger partial charge < -0.3 is 30.4 Å². The van der Waals surface area contributed by atoms with E-state index >= 15 is 0 Å². The van der Waals surface area contributed by atoms with Crippen LogP contribution in [-0.4, -0.2) is 37.6 Å². The third-order valence-corrected chi connectivity index (χ3v) is 4.87. The number of nitrogens with two attached hydrogens (primary N) is 2. The van der Waals surface area contributed by atoms with Gasteiger partial charge in [-0.05, 0) is 12.3 Å². The number of anilines is 1. The van der Waals surface area contributed by atoms with Crippen molar-refractivity contribution in [2.45, 2.75) is 11.1 Å². The van der Waals surface area contributed by atoms with Crippen molar-refractivity contribution in [2.75, 3.05) is 33.3 Å². The average molecular weight is 401 g/mol. The first-order valence-electron chi connectivity index (χ1n) is 8.08. The van der Waals surface area contributed by atoms with Crippen LogP contribution in [0, 0.1) is 11.3 Å². The minimum Gasteiger partial charge on any atom is -0.493 e. The topological polar surface area (TPSA) is 139 Å². The maximum Gasteiger partial charge on any atom is 0.231 e. The molecule has 0 unspecified atom stereocenters. The van der Waals surface area contributed by atoms with E-state index in [4.69, 9.17) is 30.4 Å². The highest BCUT2D eigenvalue weighted by Crippen LogP contribution is 2.50. The molecule has 0 spiro atoms. The first kappa shape index (κ1) is 19.4. The molecule has 10 heteroatoms. The summed E-state index contributed by atoms with van der Waals surface area (Å²) in [5.74, 6) is 0.890. The van der Waals surface area contributed by atoms with Crippen molar-refractivity contribution >= 4 is 17.6 Å². The van der Waals surface area contributed by atoms with Crippen molar-refractivity contribution < 1.29 is 18.9 Å². The Morgan fingerprint density at radius 2 is 1.82 bits per heavy atom. The summed E-state index contributed by atoms with van der Waals surface area (Å²) in [5.41, 5.74) is 13.4. The van der Waals surface area contributed by atoms with Crippen LogP contribution in [0.3, 0.4) is 0 Å². The standard InChI is InChI=1S/C18H19N5O4S/c1-24-10-6-5-8(13(25-2)14(10)26-3)11-9(7-19)16(21)27-17-12(11)15(20)22-18(23-17)28-4/h5-6,11H,21H2,1-4H3,(H2,20,22,23)/t11-/m0/s1. The second-order valence-corrected chi connectivity index (χ2v) is 6.44. The van der Waals surface area contributed by atoms with Gasteiger partial charge in [0.05, 0.1) is 32.8 Å². The second kappa shape index (κ2) is 7.74. The van der Waals surface area contributed by atoms with Crippen molar-refractivity contribution in [3.63, 3.8) is 0 Å². The van der Waals surface area contributed by atoms with E-state index in [1.807, 2.05) is 6.26 Å². The molecule has 28 heavy (non-hydrogen) atoms. The van der Waals surface area contributed by atoms with Gasteiger partial charge in [-0.15, -0.1) is 0 Å². The van der Waals surface area contributed by atoms with Gasteiger partial charge in [0.2, 0.25) is 17.5 Å². The number of fused-ring (bicyclic) bond motifs is 1. The largest absolute Gasteiger partial charge is 0.493 e. The van der Waals surface area contributed by atoms with Crippen LogP contribution < -0.4 is 30.4 Å². The van der Waals surface area contributed by atoms with Gasteiger partial charge in [0.15, 0.2) is 16.7 Å². The lowest BCUT2D eigenvalue weighted by Crippen LogP contribution is -2.24. The number of hydrogen-bond donors (Lipinski definition) is 2. The molecule has 3 rings (SSSR count). The predicted octanol–water partition coefficient (Wildman–Crippen LogP) is 2.02. The fourth-order valence-electron chi connectivity index (χ4n) is 3.11. The third-order valence-electron chi connectivity index (χ3n) is 4.32. The number of rotatable bonds is 5. The lowest BCUT2D eigenvalue weighted by atomic mass is 9.84. The van der Waals surface area contributed by atoms with E-state index in [1.165, 1.54) is 33.1 Å². The molecule has 1 aromatic carbocycles. The van der Waals surface area contributed by atoms with Crippen LogP contribution in [0.15, 0.2) is 28.7 Å². The zero-order valence-corrected chi connectivity index (χ0v) is 16.6. The lowest BCUT2D eigenvalue weighted by Gasteiger charge is -2.28. The van der Waals surface area contributed by atoms with E-state index in [1.54, 1.807) is 12.1 Å². The minimum atomic E-state index is -0.695. The number of nitrogen functional groups attached to an aromatic ring is 1. The normalized spacial score (nSPS) is 15.3. The summed E-state index contributed by atoms with van der Waals surface area (Å²) in [4.78, 5) is 8.63. The van der Waals surface area contributed by atoms with Gasteiger partial charge >= 0.3 is 0 Å². The summed E-state index contributed by atoms with van der Waals surface area (Å²) < 4.78 is 22.0. The molecular formula is C18H19N5O4S. The summed E-state index contributed by atoms with van der Waals surface area (Å²) in [6, 6.07) is 5.57. The summed E-state index contributed by atoms with van der Waals surface area (Å²) in [6.45, 7) is 0. The predicted molar refractivity (Wildman–Crippen MR) is 104 cm³/mol. The zero-order chi connectivity index (χ0) is 20.4. The van der Waals surface area contributed by atoms with Gasteiger partial charge in [-0.25, -0.2) is 4.98 Å². The van der Waals surface area contributed by atoms with Crippen LogP contribution in [0.25, 0.3) is 0 Å². The molecule has 0 radical (unpaired) electrons. The molecule has 0 fully saturated rings. The zero-order valence-electron chi connectivity index (χ0n) is 15.8. The second-order valence-electron chi connectivity index (χ2n) is 5.66. The number of nitrogens with zero attached hydrogens (tertiary/aromatic N) is 3. The fourth-order valence-corrected chi connectivity index (χ4v) is 3.48. The fraction of sp³-hybridized carbons (Fsp3) is 0.278. The van der Waals surface area contributed by atoms with Gasteiger partial charge in [-0.3, -0.25) is 0 Å². The van der Waals surface area contributed by atoms with Crippen molar-refractivity contribution in [3.05, 3.63) is 34.7 Å². The Hall–Kier alpha value is -3.32. The Morgan fingerprint density at radius 1 is 1.11 bits per heavy atom. The van der Waals surface area contributed by atoms with Crippen LogP contribution in [-0.2, 0) is 0 Å². The van der Waals surface area contributed by atoms with E-state index in [2.05, 4.69) is 16.0 Å². The number of nitriles is 1. The molecule has 0 amide bonds. The van der Waals surface area contributed by atoms with Crippen LogP contribution in [0.2, 0.25) is 0 Å². The lowest BCUT2D eigenvalue weighted by molar-refractivity contribution is 0.320. The molecule has 4 N–H and O–H groups in total. The van der Waals surface area contributed by atoms with Crippen molar-refractivity contribution in [3.8, 4) is 29.2 Å². The molecule has 0 aliphatic carbocycles. The monoisotopic (exact) mass is 401 g/mol. The van der Waals surface area contributed by atoms with Crippen LogP contribution in [0.5, 0.6) is 23.1 Å². The summed E-state index contributed by atoms with van der Waals surface area (Å²) in [7, 11) is 4.52. The first-order valence-corrected chi connectivity index (χ1v) is 9.30. The van der Waals surface area contributed by atoms with Crippen LogP contribution in [0.1, 0.15) is 17.0 Å². The Bertz CT molecular complexity index is 1000. The van der Waals surface area contributed by atoms with Gasteiger partial charge in [0, 0.05) is 5.56 Å². The molecule has 2 heterocycles. The van der Waals surface area contributed by atoms with Crippen molar-refractivity contribution in [2.24, 2.45) is 5.73 Å². The molecule has 0 saturated heterocycles. The number of ether oxygens (including phenoxy) is 4. The first-order chi connectivity index (χ1) is 13.5. The van der Waals surface area contributed by atoms with E-state index in [0.717, 1.165) is 0 Å². The third kappa shape index (κ3) is 2.99. The van der Waals surface area contributed by atoms with Gasteiger partial charge in [0.25, 0.3) is 0 Å². The highest BCUT2D eigenvalue weighted by molar-refractivity contribution is 7.98. The smallest absolute Gasteiger partial charge is 0.231 e. The molecular weight excluding hydrogens is 382 g/mol. The van der Waals surface area contributed by atoms with Crippen LogP contribution in [0.4, 0.5) is 5.82 Å². The van der Waals surface area contributed by atoms with Crippen molar-refractivity contribution in [1.82, 2.24) is 9.97 Å². The molecule has 1 aromatic heterocycles. The highest BCUT2D eigenvalue weighted by Gasteiger charge is 2.37. The molecule has 1 aliphatic rings. The Labute approximate surface area is 166 Å². The highest BCUT2D eigenvalue weighted by atomic mass is 32.2. The molecule has 1 atom stereocenters. The number of methoxy groups -OCH3 is 3. The number of benzene rings is 1. The van der Waals surface area contributed by atoms with E-state index < -0.39 is 5.92 Å². The number of hydrogen-bond acceptors (Lipinski definition) is 10. The Kier molecular flexibility index (Phi) is 5.37. The minimum absolute atomic E-state index is 0.0537. The number of thioether (sulfide) groups is 1. The summed E-state index contributed by atoms with van der Waals surface area (Å²) in [5, 5.41) is 10.2. The van der Waals surface area contributed by atoms with E-state index in [-0.39, 0.29) is 23.2 Å². The van der Waals surface area contributed by atoms with Crippen molar-refractivity contribution in [1.29, 1.82) is 5.26 Å². The van der Waals surface area contributed by atoms with Gasteiger partial charge in [0.1, 0.15) is 17.5 Å². The quantitative estimate of drug-likeness (QED) is 0.565. The molecule has 146 valence electrons. The maximum atomic E-state index is 9.75. The molecule has 1 aliphatic heterocycles. The van der Waals surface area contributed by atoms with E-state index in [0.29, 0.717) is 33.5 Å². The Morgan fingerprint density at radius 3 is 2.39 bits per heavy atom. The van der Waals surface area contributed by atoms with Gasteiger partial charge in [-0.1, -0.05) is 17.8 Å². The summed E-state index contributed by atoms with van der Waals surface area (Å²) >= 11 is 1.31. The number of aromatic nitrogens is 2. The maximum absolute atomic E-state index is 9.75. The summed E-state index contributed by atoms with van der Waals surface area (Å²) in [6.07, 6.45) is 1.82. The van der Waals surface area contributed by atoms with Gasteiger partial charge in [-0.2, -0.15) is 10.2 Å².